The molecule has 5 nitrogen and oxygen atoms in total. The highest BCUT2D eigenvalue weighted by atomic mass is 35.5. The summed E-state index contributed by atoms with van der Waals surface area (Å²) in [5.74, 6) is -0.187. The average Bonchev–Trinajstić information content (AvgIpc) is 3.22. The molecule has 0 bridgehead atoms. The smallest absolute Gasteiger partial charge is 0.371 e. The number of benzene rings is 2. The Hall–Kier alpha value is -3.05. The Kier molecular flexibility index (Phi) is 3.78. The lowest BCUT2D eigenvalue weighted by atomic mass is 10.1. The Morgan fingerprint density at radius 2 is 1.88 bits per heavy atom. The number of carbonyl (C=O) groups is 1. The minimum atomic E-state index is -1.10. The van der Waals surface area contributed by atoms with Gasteiger partial charge in [0.05, 0.1) is 0 Å². The summed E-state index contributed by atoms with van der Waals surface area (Å²) < 4.78 is 11.3. The van der Waals surface area contributed by atoms with E-state index in [1.165, 1.54) is 6.07 Å². The third kappa shape index (κ3) is 3.02. The Morgan fingerprint density at radius 1 is 1.08 bits per heavy atom. The van der Waals surface area contributed by atoms with E-state index in [0.29, 0.717) is 34.2 Å². The van der Waals surface area contributed by atoms with Crippen LogP contribution in [0.2, 0.25) is 5.02 Å². The van der Waals surface area contributed by atoms with E-state index >= 15 is 0 Å². The summed E-state index contributed by atoms with van der Waals surface area (Å²) in [6, 6.07) is 16.1. The van der Waals surface area contributed by atoms with E-state index in [-0.39, 0.29) is 5.76 Å². The Labute approximate surface area is 147 Å². The molecule has 0 unspecified atom stereocenters. The van der Waals surface area contributed by atoms with Crippen molar-refractivity contribution in [1.82, 2.24) is 4.98 Å². The van der Waals surface area contributed by atoms with Gasteiger partial charge in [-0.2, -0.15) is 0 Å². The molecular formula is C19H12ClNO4. The van der Waals surface area contributed by atoms with E-state index < -0.39 is 5.97 Å². The van der Waals surface area contributed by atoms with Crippen LogP contribution in [0.25, 0.3) is 22.6 Å². The second-order valence-corrected chi connectivity index (χ2v) is 5.98. The fourth-order valence-corrected chi connectivity index (χ4v) is 2.91. The van der Waals surface area contributed by atoms with E-state index in [9.17, 15) is 4.79 Å². The van der Waals surface area contributed by atoms with Crippen LogP contribution in [0.5, 0.6) is 0 Å². The average molecular weight is 354 g/mol. The quantitative estimate of drug-likeness (QED) is 0.556. The van der Waals surface area contributed by atoms with Gasteiger partial charge in [0, 0.05) is 22.6 Å². The van der Waals surface area contributed by atoms with Crippen molar-refractivity contribution in [2.75, 3.05) is 0 Å². The molecule has 0 saturated heterocycles. The molecule has 0 saturated carbocycles. The lowest BCUT2D eigenvalue weighted by molar-refractivity contribution is 0.0660. The number of furan rings is 1. The van der Waals surface area contributed by atoms with E-state index in [0.717, 1.165) is 11.1 Å². The van der Waals surface area contributed by atoms with Gasteiger partial charge in [-0.15, -0.1) is 0 Å². The number of aromatic nitrogens is 1. The van der Waals surface area contributed by atoms with Crippen molar-refractivity contribution in [2.45, 2.75) is 6.42 Å². The molecule has 124 valence electrons. The molecule has 4 rings (SSSR count). The number of rotatable bonds is 4. The molecule has 25 heavy (non-hydrogen) atoms. The van der Waals surface area contributed by atoms with Crippen molar-refractivity contribution in [3.05, 3.63) is 76.7 Å². The normalized spacial score (nSPS) is 11.1. The highest BCUT2D eigenvalue weighted by Crippen LogP contribution is 2.30. The van der Waals surface area contributed by atoms with Crippen LogP contribution in [-0.2, 0) is 6.42 Å². The van der Waals surface area contributed by atoms with Crippen LogP contribution < -0.4 is 0 Å². The second kappa shape index (κ2) is 6.11. The van der Waals surface area contributed by atoms with Gasteiger partial charge in [0.1, 0.15) is 11.3 Å². The first-order chi connectivity index (χ1) is 12.1. The van der Waals surface area contributed by atoms with Crippen molar-refractivity contribution >= 4 is 28.7 Å². The highest BCUT2D eigenvalue weighted by molar-refractivity contribution is 6.31. The molecular weight excluding hydrogens is 342 g/mol. The Bertz CT molecular complexity index is 1070. The zero-order chi connectivity index (χ0) is 17.4. The minimum Gasteiger partial charge on any atom is -0.475 e. The number of halogens is 1. The monoisotopic (exact) mass is 353 g/mol. The molecule has 0 aliphatic heterocycles. The fourth-order valence-electron chi connectivity index (χ4n) is 2.68. The number of hydrogen-bond acceptors (Lipinski definition) is 4. The number of nitrogens with zero attached hydrogens (tertiary/aromatic N) is 1. The van der Waals surface area contributed by atoms with Crippen molar-refractivity contribution in [3.8, 4) is 11.5 Å². The van der Waals surface area contributed by atoms with Crippen LogP contribution >= 0.6 is 11.6 Å². The van der Waals surface area contributed by atoms with Crippen LogP contribution in [0.4, 0.5) is 0 Å². The summed E-state index contributed by atoms with van der Waals surface area (Å²) in [5.41, 5.74) is 2.90. The number of carboxylic acids is 1. The molecule has 1 N–H and O–H groups in total. The molecule has 0 radical (unpaired) electrons. The molecule has 0 amide bonds. The first kappa shape index (κ1) is 15.5. The first-order valence-corrected chi connectivity index (χ1v) is 7.94. The molecule has 4 aromatic rings. The second-order valence-electron chi connectivity index (χ2n) is 5.55. The summed E-state index contributed by atoms with van der Waals surface area (Å²) in [7, 11) is 0. The third-order valence-electron chi connectivity index (χ3n) is 3.79. The minimum absolute atomic E-state index is 0.101. The maximum atomic E-state index is 11.0. The lowest BCUT2D eigenvalue weighted by Gasteiger charge is -2.01. The van der Waals surface area contributed by atoms with Crippen molar-refractivity contribution in [1.29, 1.82) is 0 Å². The summed E-state index contributed by atoms with van der Waals surface area (Å²) in [6.45, 7) is 0. The SMILES string of the molecule is O=C(O)c1ccc(Cc2cc(Cl)cc3nc(-c4ccccc4)oc23)o1. The van der Waals surface area contributed by atoms with Crippen LogP contribution in [0.1, 0.15) is 21.9 Å². The van der Waals surface area contributed by atoms with E-state index in [4.69, 9.17) is 25.5 Å². The largest absolute Gasteiger partial charge is 0.475 e. The molecule has 0 fully saturated rings. The van der Waals surface area contributed by atoms with Gasteiger partial charge in [0.15, 0.2) is 5.58 Å². The van der Waals surface area contributed by atoms with Crippen LogP contribution in [0.15, 0.2) is 63.4 Å². The summed E-state index contributed by atoms with van der Waals surface area (Å²) in [4.78, 5) is 15.5. The molecule has 0 atom stereocenters. The van der Waals surface area contributed by atoms with E-state index in [1.54, 1.807) is 18.2 Å². The zero-order valence-corrected chi connectivity index (χ0v) is 13.7. The Morgan fingerprint density at radius 3 is 2.60 bits per heavy atom. The lowest BCUT2D eigenvalue weighted by Crippen LogP contribution is -1.92. The number of aromatic carboxylic acids is 1. The number of carboxylic acid groups (broad SMARTS) is 1. The third-order valence-corrected chi connectivity index (χ3v) is 4.01. The Balaban J connectivity index is 1.77. The van der Waals surface area contributed by atoms with Gasteiger partial charge >= 0.3 is 5.97 Å². The number of hydrogen-bond donors (Lipinski definition) is 1. The van der Waals surface area contributed by atoms with E-state index in [2.05, 4.69) is 4.98 Å². The van der Waals surface area contributed by atoms with Crippen LogP contribution in [0.3, 0.4) is 0 Å². The fraction of sp³-hybridized carbons (Fsp3) is 0.0526. The number of oxazole rings is 1. The summed E-state index contributed by atoms with van der Waals surface area (Å²) in [6.07, 6.45) is 0.355. The predicted octanol–water partition coefficient (Wildman–Crippen LogP) is 5.03. The van der Waals surface area contributed by atoms with Gasteiger partial charge in [-0.05, 0) is 36.4 Å². The van der Waals surface area contributed by atoms with Gasteiger partial charge in [-0.1, -0.05) is 29.8 Å². The maximum absolute atomic E-state index is 11.0. The van der Waals surface area contributed by atoms with Gasteiger partial charge < -0.3 is 13.9 Å². The molecule has 0 aliphatic carbocycles. The maximum Gasteiger partial charge on any atom is 0.371 e. The molecule has 2 aromatic carbocycles. The molecule has 0 spiro atoms. The van der Waals surface area contributed by atoms with Crippen molar-refractivity contribution in [3.63, 3.8) is 0 Å². The van der Waals surface area contributed by atoms with Gasteiger partial charge in [-0.3, -0.25) is 0 Å². The molecule has 6 heteroatoms. The summed E-state index contributed by atoms with van der Waals surface area (Å²) >= 11 is 6.19. The molecule has 2 aromatic heterocycles. The van der Waals surface area contributed by atoms with Crippen molar-refractivity contribution < 1.29 is 18.7 Å². The predicted molar refractivity (Wildman–Crippen MR) is 92.9 cm³/mol. The van der Waals surface area contributed by atoms with Gasteiger partial charge in [-0.25, -0.2) is 9.78 Å². The zero-order valence-electron chi connectivity index (χ0n) is 12.9. The molecule has 2 heterocycles. The summed E-state index contributed by atoms with van der Waals surface area (Å²) in [5, 5.41) is 9.49. The van der Waals surface area contributed by atoms with Crippen LogP contribution in [-0.4, -0.2) is 16.1 Å². The highest BCUT2D eigenvalue weighted by Gasteiger charge is 2.16. The van der Waals surface area contributed by atoms with Gasteiger partial charge in [0.2, 0.25) is 11.7 Å². The topological polar surface area (TPSA) is 76.5 Å². The molecule has 0 aliphatic rings. The standard InChI is InChI=1S/C19H12ClNO4/c20-13-8-12(9-14-6-7-16(24-14)19(22)23)17-15(10-13)21-18(25-17)11-4-2-1-3-5-11/h1-8,10H,9H2,(H,22,23). The van der Waals surface area contributed by atoms with Crippen LogP contribution in [0, 0.1) is 0 Å². The first-order valence-electron chi connectivity index (χ1n) is 7.56. The van der Waals surface area contributed by atoms with E-state index in [1.807, 2.05) is 30.3 Å². The van der Waals surface area contributed by atoms with Crippen molar-refractivity contribution in [2.24, 2.45) is 0 Å². The van der Waals surface area contributed by atoms with Gasteiger partial charge in [0.25, 0.3) is 0 Å². The number of fused-ring (bicyclic) bond motifs is 1.